The Bertz CT molecular complexity index is 771. The van der Waals surface area contributed by atoms with Gasteiger partial charge in [0.05, 0.1) is 11.3 Å². The van der Waals surface area contributed by atoms with Gasteiger partial charge < -0.3 is 5.32 Å². The standard InChI is InChI=1S/C19H16F3N.C2H6/c1-11-8-15(13-6-4-3-5-7-13)19(23-12(11)2)18-16(21)9-14(20)10-17(18)22;1-2/h3-7,9-11,23H,2,8H2,1H3;1-2H3. The first-order valence-corrected chi connectivity index (χ1v) is 8.36. The molecule has 1 atom stereocenters. The lowest BCUT2D eigenvalue weighted by Crippen LogP contribution is -2.25. The number of rotatable bonds is 2. The Labute approximate surface area is 146 Å². The molecule has 132 valence electrons. The lowest BCUT2D eigenvalue weighted by molar-refractivity contribution is 0.535. The van der Waals surface area contributed by atoms with E-state index in [4.69, 9.17) is 0 Å². The highest BCUT2D eigenvalue weighted by molar-refractivity contribution is 5.92. The van der Waals surface area contributed by atoms with Crippen LogP contribution in [0.3, 0.4) is 0 Å². The second-order valence-electron chi connectivity index (χ2n) is 5.72. The predicted octanol–water partition coefficient (Wildman–Crippen LogP) is 6.14. The summed E-state index contributed by atoms with van der Waals surface area (Å²) in [5, 5.41) is 3.01. The summed E-state index contributed by atoms with van der Waals surface area (Å²) in [5.74, 6) is -2.67. The fourth-order valence-corrected chi connectivity index (χ4v) is 2.79. The van der Waals surface area contributed by atoms with E-state index >= 15 is 0 Å². The van der Waals surface area contributed by atoms with Gasteiger partial charge in [-0.25, -0.2) is 13.2 Å². The van der Waals surface area contributed by atoms with E-state index in [2.05, 4.69) is 11.9 Å². The lowest BCUT2D eigenvalue weighted by atomic mass is 9.86. The van der Waals surface area contributed by atoms with E-state index in [0.29, 0.717) is 29.9 Å². The number of hydrogen-bond donors (Lipinski definition) is 1. The summed E-state index contributed by atoms with van der Waals surface area (Å²) in [6.07, 6.45) is 0.599. The van der Waals surface area contributed by atoms with Crippen molar-refractivity contribution in [2.75, 3.05) is 0 Å². The number of hydrogen-bond acceptors (Lipinski definition) is 1. The smallest absolute Gasteiger partial charge is 0.138 e. The number of nitrogens with one attached hydrogen (secondary N) is 1. The molecule has 1 aliphatic rings. The molecule has 0 saturated heterocycles. The quantitative estimate of drug-likeness (QED) is 0.689. The van der Waals surface area contributed by atoms with Crippen molar-refractivity contribution < 1.29 is 13.2 Å². The fraction of sp³-hybridized carbons (Fsp3) is 0.238. The molecule has 1 N–H and O–H groups in total. The van der Waals surface area contributed by atoms with E-state index in [1.165, 1.54) is 0 Å². The molecule has 1 nitrogen and oxygen atoms in total. The molecule has 0 aliphatic carbocycles. The first-order valence-electron chi connectivity index (χ1n) is 8.36. The topological polar surface area (TPSA) is 12.0 Å². The molecule has 0 radical (unpaired) electrons. The van der Waals surface area contributed by atoms with Gasteiger partial charge in [-0.05, 0) is 23.5 Å². The van der Waals surface area contributed by atoms with Crippen molar-refractivity contribution in [3.63, 3.8) is 0 Å². The molecule has 3 rings (SSSR count). The van der Waals surface area contributed by atoms with Gasteiger partial charge in [-0.15, -0.1) is 0 Å². The molecule has 2 aromatic carbocycles. The monoisotopic (exact) mass is 345 g/mol. The molecule has 4 heteroatoms. The van der Waals surface area contributed by atoms with Crippen LogP contribution < -0.4 is 5.32 Å². The van der Waals surface area contributed by atoms with Crippen molar-refractivity contribution in [3.8, 4) is 0 Å². The number of halogens is 3. The Morgan fingerprint density at radius 1 is 1.00 bits per heavy atom. The van der Waals surface area contributed by atoms with Gasteiger partial charge in [0.25, 0.3) is 0 Å². The number of benzene rings is 2. The molecule has 0 amide bonds. The van der Waals surface area contributed by atoms with Gasteiger partial charge in [-0.2, -0.15) is 0 Å². The van der Waals surface area contributed by atoms with Crippen LogP contribution in [-0.4, -0.2) is 0 Å². The molecule has 0 saturated carbocycles. The first-order chi connectivity index (χ1) is 12.0. The second kappa shape index (κ2) is 8.06. The Balaban J connectivity index is 0.00000109. The molecule has 1 unspecified atom stereocenters. The largest absolute Gasteiger partial charge is 0.358 e. The Hall–Kier alpha value is -2.49. The summed E-state index contributed by atoms with van der Waals surface area (Å²) in [5.41, 5.74) is 2.41. The average Bonchev–Trinajstić information content (AvgIpc) is 2.59. The van der Waals surface area contributed by atoms with Crippen LogP contribution in [0.1, 0.15) is 38.3 Å². The van der Waals surface area contributed by atoms with Crippen molar-refractivity contribution in [2.45, 2.75) is 27.2 Å². The minimum absolute atomic E-state index is 0.125. The van der Waals surface area contributed by atoms with Crippen molar-refractivity contribution in [3.05, 3.63) is 83.3 Å². The minimum Gasteiger partial charge on any atom is -0.358 e. The van der Waals surface area contributed by atoms with Crippen LogP contribution in [0.25, 0.3) is 11.3 Å². The van der Waals surface area contributed by atoms with Gasteiger partial charge >= 0.3 is 0 Å². The minimum atomic E-state index is -0.936. The van der Waals surface area contributed by atoms with E-state index in [0.717, 1.165) is 11.1 Å². The van der Waals surface area contributed by atoms with E-state index in [1.807, 2.05) is 51.1 Å². The highest BCUT2D eigenvalue weighted by Crippen LogP contribution is 2.38. The molecule has 25 heavy (non-hydrogen) atoms. The SMILES string of the molecule is C=C1NC(c2c(F)cc(F)cc2F)=C(c2ccccc2)CC1C.CC. The molecular formula is C21H22F3N. The summed E-state index contributed by atoms with van der Waals surface area (Å²) >= 11 is 0. The van der Waals surface area contributed by atoms with Crippen LogP contribution >= 0.6 is 0 Å². The van der Waals surface area contributed by atoms with Crippen LogP contribution in [0.15, 0.2) is 54.7 Å². The molecule has 0 fully saturated rings. The summed E-state index contributed by atoms with van der Waals surface area (Å²) in [6.45, 7) is 9.90. The third-order valence-electron chi connectivity index (χ3n) is 4.07. The predicted molar refractivity (Wildman–Crippen MR) is 97.0 cm³/mol. The van der Waals surface area contributed by atoms with Crippen molar-refractivity contribution in [1.29, 1.82) is 0 Å². The first kappa shape index (κ1) is 18.8. The van der Waals surface area contributed by atoms with Crippen LogP contribution in [0.4, 0.5) is 13.2 Å². The molecule has 0 bridgehead atoms. The third-order valence-corrected chi connectivity index (χ3v) is 4.07. The van der Waals surface area contributed by atoms with Gasteiger partial charge in [0.2, 0.25) is 0 Å². The normalized spacial score (nSPS) is 16.9. The van der Waals surface area contributed by atoms with Crippen LogP contribution in [0, 0.1) is 23.4 Å². The Kier molecular flexibility index (Phi) is 6.07. The van der Waals surface area contributed by atoms with Gasteiger partial charge in [-0.3, -0.25) is 0 Å². The lowest BCUT2D eigenvalue weighted by Gasteiger charge is -2.29. The van der Waals surface area contributed by atoms with E-state index in [1.54, 1.807) is 0 Å². The molecule has 0 spiro atoms. The van der Waals surface area contributed by atoms with Gasteiger partial charge in [0, 0.05) is 17.8 Å². The maximum atomic E-state index is 14.2. The van der Waals surface area contributed by atoms with Crippen molar-refractivity contribution >= 4 is 11.3 Å². The maximum absolute atomic E-state index is 14.2. The molecular weight excluding hydrogens is 323 g/mol. The highest BCUT2D eigenvalue weighted by Gasteiger charge is 2.26. The summed E-state index contributed by atoms with van der Waals surface area (Å²) in [4.78, 5) is 0. The summed E-state index contributed by atoms with van der Waals surface area (Å²) in [6, 6.07) is 10.8. The summed E-state index contributed by atoms with van der Waals surface area (Å²) in [7, 11) is 0. The third kappa shape index (κ3) is 3.95. The average molecular weight is 345 g/mol. The van der Waals surface area contributed by atoms with E-state index in [-0.39, 0.29) is 11.5 Å². The Morgan fingerprint density at radius 3 is 2.12 bits per heavy atom. The van der Waals surface area contributed by atoms with E-state index in [9.17, 15) is 13.2 Å². The van der Waals surface area contributed by atoms with Crippen molar-refractivity contribution in [1.82, 2.24) is 5.32 Å². The zero-order valence-electron chi connectivity index (χ0n) is 14.7. The van der Waals surface area contributed by atoms with Crippen LogP contribution in [-0.2, 0) is 0 Å². The molecule has 1 heterocycles. The zero-order valence-corrected chi connectivity index (χ0v) is 14.7. The van der Waals surface area contributed by atoms with Crippen LogP contribution in [0.2, 0.25) is 0 Å². The highest BCUT2D eigenvalue weighted by atomic mass is 19.1. The van der Waals surface area contributed by atoms with Gasteiger partial charge in [0.15, 0.2) is 0 Å². The molecule has 2 aromatic rings. The molecule has 1 aliphatic heterocycles. The van der Waals surface area contributed by atoms with Crippen LogP contribution in [0.5, 0.6) is 0 Å². The van der Waals surface area contributed by atoms with Gasteiger partial charge in [-0.1, -0.05) is 57.7 Å². The van der Waals surface area contributed by atoms with Gasteiger partial charge in [0.1, 0.15) is 17.5 Å². The zero-order chi connectivity index (χ0) is 18.6. The number of allylic oxidation sites excluding steroid dienone is 2. The second-order valence-corrected chi connectivity index (χ2v) is 5.72. The Morgan fingerprint density at radius 2 is 1.56 bits per heavy atom. The molecule has 0 aromatic heterocycles. The summed E-state index contributed by atoms with van der Waals surface area (Å²) < 4.78 is 41.7. The maximum Gasteiger partial charge on any atom is 0.138 e. The van der Waals surface area contributed by atoms with Crippen molar-refractivity contribution in [2.24, 2.45) is 5.92 Å². The fourth-order valence-electron chi connectivity index (χ4n) is 2.79. The van der Waals surface area contributed by atoms with E-state index < -0.39 is 17.5 Å².